The molecule has 1 aromatic rings. The summed E-state index contributed by atoms with van der Waals surface area (Å²) >= 11 is 1.58. The number of nitrogens with two attached hydrogens (primary N) is 2. The molecule has 7 heteroatoms. The minimum absolute atomic E-state index is 0.119. The largest absolute Gasteiger partial charge is 0.385 e. The van der Waals surface area contributed by atoms with Crippen LogP contribution in [0.25, 0.3) is 0 Å². The zero-order chi connectivity index (χ0) is 14.1. The summed E-state index contributed by atoms with van der Waals surface area (Å²) in [6.07, 6.45) is 4.47. The second-order valence-electron chi connectivity index (χ2n) is 4.72. The molecule has 1 atom stereocenters. The number of hydrazone groups is 1. The van der Waals surface area contributed by atoms with E-state index in [9.17, 15) is 0 Å². The highest BCUT2D eigenvalue weighted by Crippen LogP contribution is 2.34. The lowest BCUT2D eigenvalue weighted by Crippen LogP contribution is -2.34. The standard InChI is InChI=1S/C13H16N6S/c1-2-8-6-17-12(13-16-3-4-20-13)19-7-9(5-10(8)19)11(14)18-15/h2-4,9H,1,5-7,15H2,(H2,14,18)/t9-/m1/s1. The summed E-state index contributed by atoms with van der Waals surface area (Å²) in [6, 6.07) is 0. The van der Waals surface area contributed by atoms with Gasteiger partial charge in [-0.2, -0.15) is 5.10 Å². The molecule has 2 aliphatic heterocycles. The molecule has 3 heterocycles. The summed E-state index contributed by atoms with van der Waals surface area (Å²) in [5.41, 5.74) is 8.22. The second kappa shape index (κ2) is 5.09. The average molecular weight is 288 g/mol. The maximum absolute atomic E-state index is 5.88. The fraction of sp³-hybridized carbons (Fsp3) is 0.308. The predicted octanol–water partition coefficient (Wildman–Crippen LogP) is 0.896. The smallest absolute Gasteiger partial charge is 0.165 e. The first-order chi connectivity index (χ1) is 9.74. The molecule has 4 N–H and O–H groups in total. The van der Waals surface area contributed by atoms with E-state index < -0.39 is 0 Å². The van der Waals surface area contributed by atoms with Gasteiger partial charge in [-0.3, -0.25) is 4.99 Å². The zero-order valence-corrected chi connectivity index (χ0v) is 11.8. The lowest BCUT2D eigenvalue weighted by atomic mass is 10.0. The quantitative estimate of drug-likeness (QED) is 0.374. The first kappa shape index (κ1) is 12.9. The maximum atomic E-state index is 5.88. The van der Waals surface area contributed by atoms with Crippen LogP contribution in [0, 0.1) is 5.92 Å². The molecule has 0 amide bonds. The topological polar surface area (TPSA) is 92.9 Å². The van der Waals surface area contributed by atoms with Crippen LogP contribution in [0.2, 0.25) is 0 Å². The van der Waals surface area contributed by atoms with Gasteiger partial charge >= 0.3 is 0 Å². The average Bonchev–Trinajstić information content (AvgIpc) is 3.14. The third kappa shape index (κ3) is 2.00. The minimum Gasteiger partial charge on any atom is -0.385 e. The van der Waals surface area contributed by atoms with Crippen LogP contribution >= 0.6 is 11.3 Å². The molecule has 0 aromatic carbocycles. The van der Waals surface area contributed by atoms with Gasteiger partial charge in [0.1, 0.15) is 5.84 Å². The first-order valence-corrected chi connectivity index (χ1v) is 7.22. The summed E-state index contributed by atoms with van der Waals surface area (Å²) in [5, 5.41) is 6.51. The van der Waals surface area contributed by atoms with Crippen LogP contribution in [-0.2, 0) is 0 Å². The number of thiazole rings is 1. The third-order valence-corrected chi connectivity index (χ3v) is 4.40. The van der Waals surface area contributed by atoms with Crippen molar-refractivity contribution in [3.8, 4) is 0 Å². The van der Waals surface area contributed by atoms with Gasteiger partial charge in [0.05, 0.1) is 6.54 Å². The van der Waals surface area contributed by atoms with Gasteiger partial charge in [0.25, 0.3) is 0 Å². The van der Waals surface area contributed by atoms with E-state index in [4.69, 9.17) is 11.6 Å². The highest BCUT2D eigenvalue weighted by atomic mass is 32.1. The Kier molecular flexibility index (Phi) is 3.27. The van der Waals surface area contributed by atoms with Crippen LogP contribution in [0.3, 0.4) is 0 Å². The molecule has 0 radical (unpaired) electrons. The van der Waals surface area contributed by atoms with Crippen LogP contribution < -0.4 is 11.6 Å². The summed E-state index contributed by atoms with van der Waals surface area (Å²) < 4.78 is 0. The lowest BCUT2D eigenvalue weighted by Gasteiger charge is -2.26. The minimum atomic E-state index is 0.119. The van der Waals surface area contributed by atoms with Gasteiger partial charge in [0.15, 0.2) is 10.8 Å². The molecule has 1 aromatic heterocycles. The Morgan fingerprint density at radius 1 is 1.60 bits per heavy atom. The highest BCUT2D eigenvalue weighted by molar-refractivity contribution is 7.11. The van der Waals surface area contributed by atoms with Gasteiger partial charge in [-0.25, -0.2) is 4.98 Å². The third-order valence-electron chi connectivity index (χ3n) is 3.63. The van der Waals surface area contributed by atoms with Crippen LogP contribution in [0.15, 0.2) is 45.6 Å². The Morgan fingerprint density at radius 2 is 2.45 bits per heavy atom. The van der Waals surface area contributed by atoms with Gasteiger partial charge in [0.2, 0.25) is 0 Å². The van der Waals surface area contributed by atoms with Crippen LogP contribution in [0.1, 0.15) is 11.4 Å². The van der Waals surface area contributed by atoms with E-state index in [1.165, 1.54) is 5.70 Å². The van der Waals surface area contributed by atoms with Gasteiger partial charge < -0.3 is 16.5 Å². The van der Waals surface area contributed by atoms with Crippen LogP contribution in [-0.4, -0.2) is 34.6 Å². The second-order valence-corrected chi connectivity index (χ2v) is 5.61. The van der Waals surface area contributed by atoms with Crippen molar-refractivity contribution in [1.82, 2.24) is 9.88 Å². The van der Waals surface area contributed by atoms with E-state index in [0.717, 1.165) is 29.4 Å². The number of amidine groups is 2. The summed E-state index contributed by atoms with van der Waals surface area (Å²) in [4.78, 5) is 11.2. The molecule has 0 unspecified atom stereocenters. The van der Waals surface area contributed by atoms with Crippen molar-refractivity contribution in [2.45, 2.75) is 6.42 Å². The number of hydrogen-bond acceptors (Lipinski definition) is 6. The molecule has 20 heavy (non-hydrogen) atoms. The summed E-state index contributed by atoms with van der Waals surface area (Å²) in [5.74, 6) is 6.81. The first-order valence-electron chi connectivity index (χ1n) is 6.34. The summed E-state index contributed by atoms with van der Waals surface area (Å²) in [7, 11) is 0. The molecular weight excluding hydrogens is 272 g/mol. The molecule has 6 nitrogen and oxygen atoms in total. The van der Waals surface area contributed by atoms with Crippen molar-refractivity contribution in [1.29, 1.82) is 0 Å². The number of nitrogens with zero attached hydrogens (tertiary/aromatic N) is 4. The fourth-order valence-electron chi connectivity index (χ4n) is 2.60. The van der Waals surface area contributed by atoms with E-state index in [2.05, 4.69) is 26.6 Å². The Labute approximate surface area is 121 Å². The van der Waals surface area contributed by atoms with E-state index in [-0.39, 0.29) is 5.92 Å². The van der Waals surface area contributed by atoms with Crippen molar-refractivity contribution in [3.05, 3.63) is 40.5 Å². The molecule has 1 saturated heterocycles. The number of aromatic nitrogens is 1. The van der Waals surface area contributed by atoms with Crippen molar-refractivity contribution in [2.24, 2.45) is 27.6 Å². The Morgan fingerprint density at radius 3 is 3.10 bits per heavy atom. The molecule has 104 valence electrons. The number of aliphatic imine (C=N–C) groups is 1. The highest BCUT2D eigenvalue weighted by Gasteiger charge is 2.36. The molecule has 3 rings (SSSR count). The number of hydrogen-bond donors (Lipinski definition) is 2. The van der Waals surface area contributed by atoms with Crippen molar-refractivity contribution >= 4 is 23.0 Å². The van der Waals surface area contributed by atoms with Crippen molar-refractivity contribution in [3.63, 3.8) is 0 Å². The Balaban J connectivity index is 1.97. The summed E-state index contributed by atoms with van der Waals surface area (Å²) in [6.45, 7) is 5.24. The molecule has 2 aliphatic rings. The van der Waals surface area contributed by atoms with Gasteiger partial charge in [-0.1, -0.05) is 12.7 Å². The monoisotopic (exact) mass is 288 g/mol. The predicted molar refractivity (Wildman–Crippen MR) is 81.4 cm³/mol. The van der Waals surface area contributed by atoms with Crippen LogP contribution in [0.4, 0.5) is 0 Å². The van der Waals surface area contributed by atoms with Gasteiger partial charge in [-0.15, -0.1) is 11.3 Å². The van der Waals surface area contributed by atoms with Crippen molar-refractivity contribution in [2.75, 3.05) is 13.1 Å². The molecule has 0 bridgehead atoms. The molecule has 0 spiro atoms. The lowest BCUT2D eigenvalue weighted by molar-refractivity contribution is 0.549. The van der Waals surface area contributed by atoms with E-state index in [0.29, 0.717) is 12.4 Å². The van der Waals surface area contributed by atoms with Crippen molar-refractivity contribution < 1.29 is 0 Å². The van der Waals surface area contributed by atoms with Gasteiger partial charge in [0, 0.05) is 29.7 Å². The van der Waals surface area contributed by atoms with E-state index in [1.807, 2.05) is 11.5 Å². The normalized spacial score (nSPS) is 22.8. The maximum Gasteiger partial charge on any atom is 0.165 e. The van der Waals surface area contributed by atoms with Crippen LogP contribution in [0.5, 0.6) is 0 Å². The van der Waals surface area contributed by atoms with E-state index in [1.54, 1.807) is 17.5 Å². The molecule has 0 aliphatic carbocycles. The number of allylic oxidation sites excluding steroid dienone is 1. The number of rotatable bonds is 3. The Bertz CT molecular complexity index is 613. The molecule has 0 saturated carbocycles. The fourth-order valence-corrected chi connectivity index (χ4v) is 3.25. The SMILES string of the molecule is C=CC1=C2C[C@@H](/C(N)=N/N)CN2C(c2nccs2)=NC1. The van der Waals surface area contributed by atoms with Gasteiger partial charge in [-0.05, 0) is 12.0 Å². The number of fused-ring (bicyclic) bond motifs is 1. The zero-order valence-electron chi connectivity index (χ0n) is 11.0. The molecular formula is C13H16N6S. The molecule has 1 fully saturated rings. The Hall–Kier alpha value is -2.15. The van der Waals surface area contributed by atoms with E-state index >= 15 is 0 Å².